The first-order chi connectivity index (χ1) is 6.86. The second kappa shape index (κ2) is 4.54. The summed E-state index contributed by atoms with van der Waals surface area (Å²) < 4.78 is 0. The number of hydrogen-bond acceptors (Lipinski definition) is 2. The first kappa shape index (κ1) is 12.5. The van der Waals surface area contributed by atoms with Crippen LogP contribution in [0.5, 0.6) is 0 Å². The Morgan fingerprint density at radius 2 is 1.60 bits per heavy atom. The van der Waals surface area contributed by atoms with Gasteiger partial charge in [-0.25, -0.2) is 0 Å². The number of hydrogen-bond donors (Lipinski definition) is 0. The Morgan fingerprint density at radius 1 is 1.13 bits per heavy atom. The van der Waals surface area contributed by atoms with Gasteiger partial charge in [0, 0.05) is 0 Å². The van der Waals surface area contributed by atoms with Gasteiger partial charge in [0.2, 0.25) is 0 Å². The van der Waals surface area contributed by atoms with Crippen LogP contribution in [-0.4, -0.2) is 12.8 Å². The summed E-state index contributed by atoms with van der Waals surface area (Å²) in [5, 5.41) is 4.18. The normalized spacial score (nSPS) is 32.7. The minimum absolute atomic E-state index is 0.418. The second-order valence-electron chi connectivity index (χ2n) is 6.04. The van der Waals surface area contributed by atoms with Gasteiger partial charge in [-0.2, -0.15) is 0 Å². The fraction of sp³-hybridized carbons (Fsp3) is 0.923. The van der Waals surface area contributed by atoms with Crippen molar-refractivity contribution in [1.29, 1.82) is 0 Å². The summed E-state index contributed by atoms with van der Waals surface area (Å²) in [5.74, 6) is 1.94. The molecule has 88 valence electrons. The zero-order valence-electron chi connectivity index (χ0n) is 11.0. The van der Waals surface area contributed by atoms with Crippen LogP contribution in [0.15, 0.2) is 5.16 Å². The topological polar surface area (TPSA) is 21.6 Å². The van der Waals surface area contributed by atoms with Gasteiger partial charge in [0.25, 0.3) is 0 Å². The lowest BCUT2D eigenvalue weighted by Crippen LogP contribution is -2.36. The van der Waals surface area contributed by atoms with Crippen molar-refractivity contribution in [3.05, 3.63) is 0 Å². The van der Waals surface area contributed by atoms with Crippen LogP contribution in [0, 0.1) is 23.2 Å². The van der Waals surface area contributed by atoms with Gasteiger partial charge in [0.15, 0.2) is 0 Å². The van der Waals surface area contributed by atoms with Gasteiger partial charge in [-0.3, -0.25) is 0 Å². The van der Waals surface area contributed by atoms with Crippen LogP contribution in [-0.2, 0) is 4.84 Å². The largest absolute Gasteiger partial charge is 0.399 e. The zero-order chi connectivity index (χ0) is 11.6. The summed E-state index contributed by atoms with van der Waals surface area (Å²) in [5.41, 5.74) is 1.67. The molecule has 0 aromatic carbocycles. The zero-order valence-corrected chi connectivity index (χ0v) is 11.0. The molecule has 0 N–H and O–H groups in total. The van der Waals surface area contributed by atoms with E-state index in [1.165, 1.54) is 18.6 Å². The molecular weight excluding hydrogens is 186 g/mol. The van der Waals surface area contributed by atoms with Crippen molar-refractivity contribution in [2.75, 3.05) is 7.11 Å². The maximum atomic E-state index is 4.93. The fourth-order valence-electron chi connectivity index (χ4n) is 2.67. The van der Waals surface area contributed by atoms with Crippen LogP contribution >= 0.6 is 0 Å². The standard InChI is InChI=1S/C13H25NO/c1-9-7-11(13(3,4)5)8-10(2)12(9)14-15-6/h9-11H,7-8H2,1-6H3/t9-,10-,11?/m1/s1. The molecule has 2 heteroatoms. The van der Waals surface area contributed by atoms with Crippen molar-refractivity contribution >= 4 is 5.71 Å². The van der Waals surface area contributed by atoms with Crippen molar-refractivity contribution in [2.45, 2.75) is 47.5 Å². The molecule has 0 saturated heterocycles. The Bertz CT molecular complexity index is 225. The van der Waals surface area contributed by atoms with Gasteiger partial charge in [0.05, 0.1) is 5.71 Å². The third-order valence-corrected chi connectivity index (χ3v) is 3.71. The number of rotatable bonds is 1. The van der Waals surface area contributed by atoms with E-state index in [0.29, 0.717) is 17.3 Å². The van der Waals surface area contributed by atoms with Crippen molar-refractivity contribution in [1.82, 2.24) is 0 Å². The summed E-state index contributed by atoms with van der Waals surface area (Å²) in [6.45, 7) is 11.6. The number of oxime groups is 1. The Kier molecular flexibility index (Phi) is 3.80. The van der Waals surface area contributed by atoms with E-state index >= 15 is 0 Å². The molecule has 0 aromatic rings. The lowest BCUT2D eigenvalue weighted by atomic mass is 9.66. The molecule has 0 spiro atoms. The molecule has 1 saturated carbocycles. The summed E-state index contributed by atoms with van der Waals surface area (Å²) in [7, 11) is 1.64. The van der Waals surface area contributed by atoms with E-state index < -0.39 is 0 Å². The van der Waals surface area contributed by atoms with E-state index in [9.17, 15) is 0 Å². The molecule has 0 unspecified atom stereocenters. The second-order valence-corrected chi connectivity index (χ2v) is 6.04. The van der Waals surface area contributed by atoms with Crippen molar-refractivity contribution in [3.8, 4) is 0 Å². The molecule has 0 heterocycles. The van der Waals surface area contributed by atoms with Crippen LogP contribution in [0.2, 0.25) is 0 Å². The van der Waals surface area contributed by atoms with E-state index in [1.54, 1.807) is 7.11 Å². The Balaban J connectivity index is 2.75. The lowest BCUT2D eigenvalue weighted by molar-refractivity contribution is 0.160. The van der Waals surface area contributed by atoms with E-state index in [-0.39, 0.29) is 0 Å². The van der Waals surface area contributed by atoms with E-state index in [0.717, 1.165) is 5.92 Å². The third-order valence-electron chi connectivity index (χ3n) is 3.71. The number of nitrogens with zero attached hydrogens (tertiary/aromatic N) is 1. The molecule has 0 aromatic heterocycles. The molecule has 0 radical (unpaired) electrons. The molecule has 15 heavy (non-hydrogen) atoms. The maximum Gasteiger partial charge on any atom is 0.106 e. The first-order valence-corrected chi connectivity index (χ1v) is 5.97. The molecular formula is C13H25NO. The minimum atomic E-state index is 0.418. The molecule has 1 aliphatic rings. The van der Waals surface area contributed by atoms with E-state index in [2.05, 4.69) is 39.8 Å². The van der Waals surface area contributed by atoms with Gasteiger partial charge < -0.3 is 4.84 Å². The summed E-state index contributed by atoms with van der Waals surface area (Å²) in [4.78, 5) is 4.93. The fourth-order valence-corrected chi connectivity index (χ4v) is 2.67. The van der Waals surface area contributed by atoms with Crippen LogP contribution < -0.4 is 0 Å². The van der Waals surface area contributed by atoms with Gasteiger partial charge in [-0.1, -0.05) is 39.8 Å². The highest BCUT2D eigenvalue weighted by molar-refractivity contribution is 5.88. The summed E-state index contributed by atoms with van der Waals surface area (Å²) in [6.07, 6.45) is 2.49. The quantitative estimate of drug-likeness (QED) is 0.606. The van der Waals surface area contributed by atoms with Crippen molar-refractivity contribution in [3.63, 3.8) is 0 Å². The third kappa shape index (κ3) is 2.96. The lowest BCUT2D eigenvalue weighted by Gasteiger charge is -2.40. The minimum Gasteiger partial charge on any atom is -0.399 e. The molecule has 1 aliphatic carbocycles. The monoisotopic (exact) mass is 211 g/mol. The first-order valence-electron chi connectivity index (χ1n) is 5.97. The van der Waals surface area contributed by atoms with Crippen LogP contribution in [0.1, 0.15) is 47.5 Å². The molecule has 0 bridgehead atoms. The highest BCUT2D eigenvalue weighted by Crippen LogP contribution is 2.41. The van der Waals surface area contributed by atoms with Crippen LogP contribution in [0.3, 0.4) is 0 Å². The van der Waals surface area contributed by atoms with Crippen molar-refractivity contribution in [2.24, 2.45) is 28.3 Å². The van der Waals surface area contributed by atoms with Crippen LogP contribution in [0.25, 0.3) is 0 Å². The van der Waals surface area contributed by atoms with Gasteiger partial charge >= 0.3 is 0 Å². The molecule has 1 fully saturated rings. The Hall–Kier alpha value is -0.530. The molecule has 2 atom stereocenters. The summed E-state index contributed by atoms with van der Waals surface area (Å²) >= 11 is 0. The van der Waals surface area contributed by atoms with E-state index in [1.807, 2.05) is 0 Å². The molecule has 0 aliphatic heterocycles. The SMILES string of the molecule is CON=C1[C@H](C)CC(C(C)(C)C)C[C@H]1C. The highest BCUT2D eigenvalue weighted by atomic mass is 16.6. The van der Waals surface area contributed by atoms with Gasteiger partial charge in [0.1, 0.15) is 7.11 Å². The average Bonchev–Trinajstić information content (AvgIpc) is 2.09. The predicted octanol–water partition coefficient (Wildman–Crippen LogP) is 3.72. The Morgan fingerprint density at radius 3 is 1.93 bits per heavy atom. The maximum absolute atomic E-state index is 4.93. The van der Waals surface area contributed by atoms with Gasteiger partial charge in [-0.05, 0) is 36.0 Å². The Labute approximate surface area is 94.1 Å². The van der Waals surface area contributed by atoms with Gasteiger partial charge in [-0.15, -0.1) is 0 Å². The smallest absolute Gasteiger partial charge is 0.106 e. The summed E-state index contributed by atoms with van der Waals surface area (Å²) in [6, 6.07) is 0. The highest BCUT2D eigenvalue weighted by Gasteiger charge is 2.35. The molecule has 1 rings (SSSR count). The molecule has 0 amide bonds. The molecule has 2 nitrogen and oxygen atoms in total. The van der Waals surface area contributed by atoms with Crippen LogP contribution in [0.4, 0.5) is 0 Å². The van der Waals surface area contributed by atoms with E-state index in [4.69, 9.17) is 4.84 Å². The predicted molar refractivity (Wildman–Crippen MR) is 65.0 cm³/mol. The average molecular weight is 211 g/mol. The van der Waals surface area contributed by atoms with Crippen molar-refractivity contribution < 1.29 is 4.84 Å².